The van der Waals surface area contributed by atoms with Crippen LogP contribution < -0.4 is 5.73 Å². The first-order valence-corrected chi connectivity index (χ1v) is 8.96. The fourth-order valence-electron chi connectivity index (χ4n) is 1.82. The number of rotatable bonds is 4. The number of sulfonamides is 1. The fourth-order valence-corrected chi connectivity index (χ4v) is 5.36. The molecule has 108 valence electrons. The molecule has 7 heteroatoms. The average Bonchev–Trinajstić information content (AvgIpc) is 2.84. The lowest BCUT2D eigenvalue weighted by Crippen LogP contribution is -2.29. The Kier molecular flexibility index (Phi) is 4.53. The molecule has 0 fully saturated rings. The van der Waals surface area contributed by atoms with Crippen molar-refractivity contribution < 1.29 is 8.42 Å². The van der Waals surface area contributed by atoms with E-state index in [9.17, 15) is 8.42 Å². The van der Waals surface area contributed by atoms with Crippen molar-refractivity contribution in [1.82, 2.24) is 4.31 Å². The van der Waals surface area contributed by atoms with Crippen molar-refractivity contribution >= 4 is 43.0 Å². The summed E-state index contributed by atoms with van der Waals surface area (Å²) in [6, 6.07) is 10.3. The van der Waals surface area contributed by atoms with Gasteiger partial charge >= 0.3 is 0 Å². The minimum absolute atomic E-state index is 0.288. The molecule has 0 aliphatic rings. The molecule has 0 saturated heterocycles. The van der Waals surface area contributed by atoms with E-state index in [1.807, 2.05) is 19.1 Å². The SMILES string of the molecule is CC(c1cccc(N)c1)N(C)S(=O)(=O)c1ccc(Br)s1. The molecule has 0 radical (unpaired) electrons. The van der Waals surface area contributed by atoms with Crippen molar-refractivity contribution in [2.75, 3.05) is 12.8 Å². The highest BCUT2D eigenvalue weighted by atomic mass is 79.9. The van der Waals surface area contributed by atoms with Crippen LogP contribution in [0.5, 0.6) is 0 Å². The van der Waals surface area contributed by atoms with E-state index in [0.29, 0.717) is 9.90 Å². The summed E-state index contributed by atoms with van der Waals surface area (Å²) in [5, 5.41) is 0. The monoisotopic (exact) mass is 374 g/mol. The highest BCUT2D eigenvalue weighted by Gasteiger charge is 2.27. The van der Waals surface area contributed by atoms with Crippen LogP contribution in [-0.2, 0) is 10.0 Å². The standard InChI is InChI=1S/C13H15BrN2O2S2/c1-9(10-4-3-5-11(15)8-10)16(2)20(17,18)13-7-6-12(14)19-13/h3-9H,15H2,1-2H3. The molecule has 20 heavy (non-hydrogen) atoms. The summed E-state index contributed by atoms with van der Waals surface area (Å²) in [6.45, 7) is 1.84. The van der Waals surface area contributed by atoms with Crippen molar-refractivity contribution in [1.29, 1.82) is 0 Å². The molecule has 1 aromatic carbocycles. The maximum Gasteiger partial charge on any atom is 0.252 e. The normalized spacial score (nSPS) is 13.6. The second-order valence-corrected chi connectivity index (χ2v) is 9.11. The minimum atomic E-state index is -3.50. The smallest absolute Gasteiger partial charge is 0.252 e. The highest BCUT2D eigenvalue weighted by Crippen LogP contribution is 2.32. The maximum absolute atomic E-state index is 12.5. The first kappa shape index (κ1) is 15.5. The average molecular weight is 375 g/mol. The van der Waals surface area contributed by atoms with E-state index in [1.54, 1.807) is 31.3 Å². The zero-order valence-electron chi connectivity index (χ0n) is 11.1. The molecule has 1 atom stereocenters. The molecule has 4 nitrogen and oxygen atoms in total. The molecule has 2 rings (SSSR count). The summed E-state index contributed by atoms with van der Waals surface area (Å²) in [7, 11) is -1.92. The molecule has 1 aromatic heterocycles. The van der Waals surface area contributed by atoms with Gasteiger partial charge in [0.15, 0.2) is 0 Å². The van der Waals surface area contributed by atoms with Crippen LogP contribution in [0.25, 0.3) is 0 Å². The van der Waals surface area contributed by atoms with E-state index in [-0.39, 0.29) is 6.04 Å². The molecule has 0 aliphatic carbocycles. The van der Waals surface area contributed by atoms with Gasteiger partial charge in [-0.05, 0) is 52.7 Å². The number of nitrogens with zero attached hydrogens (tertiary/aromatic N) is 1. The molecule has 2 N–H and O–H groups in total. The van der Waals surface area contributed by atoms with Crippen LogP contribution in [0.2, 0.25) is 0 Å². The third-order valence-corrected chi connectivity index (χ3v) is 7.14. The number of hydrogen-bond donors (Lipinski definition) is 1. The Morgan fingerprint density at radius 3 is 2.55 bits per heavy atom. The van der Waals surface area contributed by atoms with Gasteiger partial charge in [0.25, 0.3) is 10.0 Å². The Hall–Kier alpha value is -0.890. The number of nitrogen functional groups attached to an aromatic ring is 1. The molecule has 0 amide bonds. The predicted molar refractivity (Wildman–Crippen MR) is 86.2 cm³/mol. The Balaban J connectivity index is 2.33. The van der Waals surface area contributed by atoms with Gasteiger partial charge < -0.3 is 5.73 Å². The number of anilines is 1. The van der Waals surface area contributed by atoms with Gasteiger partial charge in [0, 0.05) is 18.8 Å². The second-order valence-electron chi connectivity index (χ2n) is 4.43. The van der Waals surface area contributed by atoms with E-state index in [1.165, 1.54) is 15.6 Å². The topological polar surface area (TPSA) is 63.4 Å². The molecule has 0 spiro atoms. The number of halogens is 1. The molecule has 1 heterocycles. The fraction of sp³-hybridized carbons (Fsp3) is 0.231. The lowest BCUT2D eigenvalue weighted by atomic mass is 10.1. The van der Waals surface area contributed by atoms with Gasteiger partial charge in [-0.2, -0.15) is 4.31 Å². The summed E-state index contributed by atoms with van der Waals surface area (Å²) in [6.07, 6.45) is 0. The summed E-state index contributed by atoms with van der Waals surface area (Å²) in [5.41, 5.74) is 7.24. The summed E-state index contributed by atoms with van der Waals surface area (Å²) in [4.78, 5) is 0. The van der Waals surface area contributed by atoms with Crippen LogP contribution in [0.15, 0.2) is 44.4 Å². The van der Waals surface area contributed by atoms with Crippen LogP contribution in [0.4, 0.5) is 5.69 Å². The van der Waals surface area contributed by atoms with E-state index < -0.39 is 10.0 Å². The quantitative estimate of drug-likeness (QED) is 0.833. The largest absolute Gasteiger partial charge is 0.399 e. The number of hydrogen-bond acceptors (Lipinski definition) is 4. The minimum Gasteiger partial charge on any atom is -0.399 e. The molecule has 0 aliphatic heterocycles. The van der Waals surface area contributed by atoms with Crippen LogP contribution in [0.1, 0.15) is 18.5 Å². The zero-order chi connectivity index (χ0) is 14.9. The van der Waals surface area contributed by atoms with Gasteiger partial charge in [0.05, 0.1) is 3.79 Å². The Morgan fingerprint density at radius 1 is 1.30 bits per heavy atom. The summed E-state index contributed by atoms with van der Waals surface area (Å²) >= 11 is 4.49. The van der Waals surface area contributed by atoms with E-state index >= 15 is 0 Å². The van der Waals surface area contributed by atoms with Crippen LogP contribution >= 0.6 is 27.3 Å². The first-order chi connectivity index (χ1) is 9.32. The molecule has 2 aromatic rings. The number of nitrogens with two attached hydrogens (primary N) is 1. The number of thiophene rings is 1. The Labute approximate surface area is 131 Å². The lowest BCUT2D eigenvalue weighted by molar-refractivity contribution is 0.399. The van der Waals surface area contributed by atoms with E-state index in [2.05, 4.69) is 15.9 Å². The third-order valence-electron chi connectivity index (χ3n) is 3.12. The van der Waals surface area contributed by atoms with Gasteiger partial charge in [-0.1, -0.05) is 12.1 Å². The predicted octanol–water partition coefficient (Wildman–Crippen LogP) is 3.47. The summed E-state index contributed by atoms with van der Waals surface area (Å²) < 4.78 is 27.5. The van der Waals surface area contributed by atoms with E-state index in [4.69, 9.17) is 5.73 Å². The van der Waals surface area contributed by atoms with Gasteiger partial charge in [0.1, 0.15) is 4.21 Å². The third kappa shape index (κ3) is 3.06. The Morgan fingerprint density at radius 2 is 2.00 bits per heavy atom. The van der Waals surface area contributed by atoms with Crippen LogP contribution in [0, 0.1) is 0 Å². The first-order valence-electron chi connectivity index (χ1n) is 5.91. The number of benzene rings is 1. The molecule has 0 saturated carbocycles. The van der Waals surface area contributed by atoms with Gasteiger partial charge in [-0.25, -0.2) is 8.42 Å². The van der Waals surface area contributed by atoms with Gasteiger partial charge in [-0.15, -0.1) is 11.3 Å². The summed E-state index contributed by atoms with van der Waals surface area (Å²) in [5.74, 6) is 0. The molecule has 1 unspecified atom stereocenters. The van der Waals surface area contributed by atoms with Gasteiger partial charge in [0.2, 0.25) is 0 Å². The van der Waals surface area contributed by atoms with E-state index in [0.717, 1.165) is 9.35 Å². The maximum atomic E-state index is 12.5. The van der Waals surface area contributed by atoms with Crippen molar-refractivity contribution in [3.8, 4) is 0 Å². The zero-order valence-corrected chi connectivity index (χ0v) is 14.3. The lowest BCUT2D eigenvalue weighted by Gasteiger charge is -2.24. The van der Waals surface area contributed by atoms with Crippen molar-refractivity contribution in [3.63, 3.8) is 0 Å². The Bertz CT molecular complexity index is 713. The van der Waals surface area contributed by atoms with Crippen LogP contribution in [0.3, 0.4) is 0 Å². The van der Waals surface area contributed by atoms with Crippen molar-refractivity contribution in [2.24, 2.45) is 0 Å². The van der Waals surface area contributed by atoms with Gasteiger partial charge in [-0.3, -0.25) is 0 Å². The highest BCUT2D eigenvalue weighted by molar-refractivity contribution is 9.11. The molecular weight excluding hydrogens is 360 g/mol. The van der Waals surface area contributed by atoms with Crippen LogP contribution in [-0.4, -0.2) is 19.8 Å². The molecule has 0 bridgehead atoms. The molecular formula is C13H15BrN2O2S2. The second kappa shape index (κ2) is 5.85. The van der Waals surface area contributed by atoms with Crippen molar-refractivity contribution in [2.45, 2.75) is 17.2 Å². The van der Waals surface area contributed by atoms with Crippen molar-refractivity contribution in [3.05, 3.63) is 45.7 Å².